The smallest absolute Gasteiger partial charge is 0.263 e. The van der Waals surface area contributed by atoms with Gasteiger partial charge >= 0.3 is 0 Å². The zero-order valence-corrected chi connectivity index (χ0v) is 19.8. The molecule has 7 heteroatoms. The van der Waals surface area contributed by atoms with Gasteiger partial charge in [-0.1, -0.05) is 60.1 Å². The number of nitrogens with one attached hydrogen (secondary N) is 2. The Kier molecular flexibility index (Phi) is 6.40. The van der Waals surface area contributed by atoms with E-state index in [1.165, 1.54) is 18.2 Å². The Morgan fingerprint density at radius 1 is 0.879 bits per heavy atom. The third-order valence-electron chi connectivity index (χ3n) is 5.39. The van der Waals surface area contributed by atoms with E-state index in [0.29, 0.717) is 12.2 Å². The lowest BCUT2D eigenvalue weighted by atomic mass is 10.1. The minimum Gasteiger partial charge on any atom is -0.348 e. The zero-order chi connectivity index (χ0) is 23.6. The van der Waals surface area contributed by atoms with Crippen molar-refractivity contribution >= 4 is 44.0 Å². The lowest BCUT2D eigenvalue weighted by Crippen LogP contribution is -2.23. The van der Waals surface area contributed by atoms with Crippen molar-refractivity contribution in [3.8, 4) is 0 Å². The van der Waals surface area contributed by atoms with Crippen molar-refractivity contribution in [2.24, 2.45) is 0 Å². The van der Waals surface area contributed by atoms with Crippen molar-refractivity contribution in [1.82, 2.24) is 5.32 Å². The molecule has 0 unspecified atom stereocenters. The van der Waals surface area contributed by atoms with Gasteiger partial charge in [0.15, 0.2) is 0 Å². The van der Waals surface area contributed by atoms with Gasteiger partial charge in [-0.15, -0.1) is 0 Å². The summed E-state index contributed by atoms with van der Waals surface area (Å²) in [5, 5.41) is 5.09. The Morgan fingerprint density at radius 2 is 1.64 bits per heavy atom. The van der Waals surface area contributed by atoms with E-state index < -0.39 is 10.0 Å². The first-order valence-corrected chi connectivity index (χ1v) is 12.2. The molecule has 0 atom stereocenters. The second-order valence-corrected chi connectivity index (χ2v) is 9.99. The number of sulfonamides is 1. The molecule has 0 saturated heterocycles. The summed E-state index contributed by atoms with van der Waals surface area (Å²) >= 11 is 6.20. The summed E-state index contributed by atoms with van der Waals surface area (Å²) in [5.74, 6) is -0.386. The van der Waals surface area contributed by atoms with Crippen molar-refractivity contribution in [3.05, 3.63) is 106 Å². The van der Waals surface area contributed by atoms with Crippen molar-refractivity contribution in [2.45, 2.75) is 25.3 Å². The van der Waals surface area contributed by atoms with E-state index in [0.717, 1.165) is 27.5 Å². The molecular formula is C26H23ClN2O3S. The van der Waals surface area contributed by atoms with Crippen molar-refractivity contribution in [2.75, 3.05) is 4.72 Å². The number of rotatable bonds is 6. The number of aryl methyl sites for hydroxylation is 2. The van der Waals surface area contributed by atoms with Crippen molar-refractivity contribution in [1.29, 1.82) is 0 Å². The molecule has 4 aromatic rings. The Labute approximate surface area is 198 Å². The number of carbonyl (C=O) groups is 1. The van der Waals surface area contributed by atoms with Gasteiger partial charge < -0.3 is 5.32 Å². The number of benzene rings is 4. The predicted octanol–water partition coefficient (Wildman–Crippen LogP) is 5.84. The maximum atomic E-state index is 13.0. The Bertz CT molecular complexity index is 1470. The molecule has 0 aromatic heterocycles. The van der Waals surface area contributed by atoms with Crippen LogP contribution in [0.2, 0.25) is 5.02 Å². The first kappa shape index (κ1) is 22.8. The van der Waals surface area contributed by atoms with Gasteiger partial charge in [-0.3, -0.25) is 9.52 Å². The highest BCUT2D eigenvalue weighted by Gasteiger charge is 2.21. The Hall–Kier alpha value is -3.35. The fourth-order valence-electron chi connectivity index (χ4n) is 3.53. The monoisotopic (exact) mass is 478 g/mol. The second-order valence-electron chi connectivity index (χ2n) is 7.93. The lowest BCUT2D eigenvalue weighted by molar-refractivity contribution is 0.0950. The van der Waals surface area contributed by atoms with Crippen LogP contribution in [-0.4, -0.2) is 14.3 Å². The van der Waals surface area contributed by atoms with E-state index in [2.05, 4.69) is 10.0 Å². The summed E-state index contributed by atoms with van der Waals surface area (Å²) in [4.78, 5) is 12.6. The summed E-state index contributed by atoms with van der Waals surface area (Å²) in [6.45, 7) is 4.01. The van der Waals surface area contributed by atoms with Crippen LogP contribution in [0, 0.1) is 13.8 Å². The molecule has 0 spiro atoms. The summed E-state index contributed by atoms with van der Waals surface area (Å²) in [7, 11) is -3.99. The number of carbonyl (C=O) groups excluding carboxylic acids is 1. The number of hydrogen-bond acceptors (Lipinski definition) is 3. The normalized spacial score (nSPS) is 11.4. The molecular weight excluding hydrogens is 456 g/mol. The van der Waals surface area contributed by atoms with Crippen LogP contribution in [0.5, 0.6) is 0 Å². The van der Waals surface area contributed by atoms with Crippen LogP contribution in [0.3, 0.4) is 0 Å². The van der Waals surface area contributed by atoms with E-state index in [1.807, 2.05) is 68.4 Å². The van der Waals surface area contributed by atoms with Gasteiger partial charge in [-0.25, -0.2) is 8.42 Å². The molecule has 0 saturated carbocycles. The summed E-state index contributed by atoms with van der Waals surface area (Å²) in [6.07, 6.45) is 0. The molecule has 1 amide bonds. The zero-order valence-electron chi connectivity index (χ0n) is 18.2. The number of amides is 1. The van der Waals surface area contributed by atoms with Gasteiger partial charge in [0.2, 0.25) is 0 Å². The molecule has 168 valence electrons. The molecule has 4 aromatic carbocycles. The van der Waals surface area contributed by atoms with E-state index in [9.17, 15) is 13.2 Å². The van der Waals surface area contributed by atoms with Crippen LogP contribution < -0.4 is 10.0 Å². The summed E-state index contributed by atoms with van der Waals surface area (Å²) < 4.78 is 28.7. The summed E-state index contributed by atoms with van der Waals surface area (Å²) in [6, 6.07) is 23.7. The van der Waals surface area contributed by atoms with E-state index in [-0.39, 0.29) is 21.4 Å². The van der Waals surface area contributed by atoms with Crippen molar-refractivity contribution < 1.29 is 13.2 Å². The van der Waals surface area contributed by atoms with Gasteiger partial charge in [0.05, 0.1) is 10.7 Å². The molecule has 5 nitrogen and oxygen atoms in total. The van der Waals surface area contributed by atoms with Gasteiger partial charge in [0.1, 0.15) is 4.90 Å². The lowest BCUT2D eigenvalue weighted by Gasteiger charge is -2.13. The first-order valence-electron chi connectivity index (χ1n) is 10.4. The average Bonchev–Trinajstić information content (AvgIpc) is 2.79. The van der Waals surface area contributed by atoms with Crippen LogP contribution in [0.4, 0.5) is 5.69 Å². The fourth-order valence-corrected chi connectivity index (χ4v) is 5.18. The predicted molar refractivity (Wildman–Crippen MR) is 133 cm³/mol. The third kappa shape index (κ3) is 5.18. The number of hydrogen-bond donors (Lipinski definition) is 2. The van der Waals surface area contributed by atoms with Gasteiger partial charge in [-0.05, 0) is 71.6 Å². The van der Waals surface area contributed by atoms with E-state index in [4.69, 9.17) is 11.6 Å². The highest BCUT2D eigenvalue weighted by molar-refractivity contribution is 7.92. The second kappa shape index (κ2) is 9.25. The highest BCUT2D eigenvalue weighted by atomic mass is 35.5. The van der Waals surface area contributed by atoms with Crippen LogP contribution in [0.1, 0.15) is 27.0 Å². The average molecular weight is 479 g/mol. The quantitative estimate of drug-likeness (QED) is 0.365. The molecule has 0 aliphatic carbocycles. The maximum Gasteiger partial charge on any atom is 0.263 e. The molecule has 33 heavy (non-hydrogen) atoms. The molecule has 0 fully saturated rings. The van der Waals surface area contributed by atoms with Crippen LogP contribution in [0.15, 0.2) is 83.8 Å². The van der Waals surface area contributed by atoms with Crippen LogP contribution in [0.25, 0.3) is 10.8 Å². The molecule has 2 N–H and O–H groups in total. The molecule has 0 aliphatic heterocycles. The van der Waals surface area contributed by atoms with Crippen LogP contribution in [-0.2, 0) is 16.6 Å². The Morgan fingerprint density at radius 3 is 2.42 bits per heavy atom. The minimum absolute atomic E-state index is 0.0406. The van der Waals surface area contributed by atoms with E-state index in [1.54, 1.807) is 6.07 Å². The minimum atomic E-state index is -3.99. The first-order chi connectivity index (χ1) is 15.7. The molecule has 0 aliphatic rings. The van der Waals surface area contributed by atoms with Crippen molar-refractivity contribution in [3.63, 3.8) is 0 Å². The SMILES string of the molecule is Cc1ccc(C)c(NS(=O)(=O)c2cc(C(=O)NCc3ccc4ccccc4c3)ccc2Cl)c1. The number of anilines is 1. The molecule has 4 rings (SSSR count). The van der Waals surface area contributed by atoms with Crippen LogP contribution >= 0.6 is 11.6 Å². The molecule has 0 radical (unpaired) electrons. The Balaban J connectivity index is 1.54. The largest absolute Gasteiger partial charge is 0.348 e. The van der Waals surface area contributed by atoms with E-state index >= 15 is 0 Å². The van der Waals surface area contributed by atoms with Gasteiger partial charge in [0.25, 0.3) is 15.9 Å². The number of fused-ring (bicyclic) bond motifs is 1. The standard InChI is InChI=1S/C26H23ClN2O3S/c1-17-7-8-18(2)24(13-17)29-33(31,32)25-15-22(11-12-23(25)27)26(30)28-16-19-9-10-20-5-3-4-6-21(20)14-19/h3-15,29H,16H2,1-2H3,(H,28,30). The fraction of sp³-hybridized carbons (Fsp3) is 0.115. The maximum absolute atomic E-state index is 13.0. The molecule has 0 bridgehead atoms. The molecule has 0 heterocycles. The number of halogens is 1. The topological polar surface area (TPSA) is 75.3 Å². The highest BCUT2D eigenvalue weighted by Crippen LogP contribution is 2.27. The summed E-state index contributed by atoms with van der Waals surface area (Å²) in [5.41, 5.74) is 3.33. The third-order valence-corrected chi connectivity index (χ3v) is 7.23. The van der Waals surface area contributed by atoms with Gasteiger partial charge in [-0.2, -0.15) is 0 Å². The van der Waals surface area contributed by atoms with Gasteiger partial charge in [0, 0.05) is 12.1 Å².